The smallest absolute Gasteiger partial charge is 0.303 e. The number of carboxylic acids is 1. The number of allylic oxidation sites excluding steroid dienone is 2. The zero-order valence-electron chi connectivity index (χ0n) is 18.1. The van der Waals surface area contributed by atoms with Crippen molar-refractivity contribution in [3.63, 3.8) is 0 Å². The quantitative estimate of drug-likeness (QED) is 0.387. The maximum Gasteiger partial charge on any atom is 0.303 e. The summed E-state index contributed by atoms with van der Waals surface area (Å²) in [4.78, 5) is 23.8. The van der Waals surface area contributed by atoms with Crippen molar-refractivity contribution in [1.82, 2.24) is 5.32 Å². The van der Waals surface area contributed by atoms with Crippen LogP contribution in [0.2, 0.25) is 0 Å². The first-order valence-corrected chi connectivity index (χ1v) is 12.0. The fraction of sp³-hybridized carbons (Fsp3) is 0.520. The van der Waals surface area contributed by atoms with E-state index in [0.717, 1.165) is 24.0 Å². The predicted octanol–water partition coefficient (Wildman–Crippen LogP) is 6.02. The first-order valence-electron chi connectivity index (χ1n) is 11.1. The highest BCUT2D eigenvalue weighted by Gasteiger charge is 2.57. The number of carbonyl (C=O) groups is 2. The van der Waals surface area contributed by atoms with Gasteiger partial charge in [-0.2, -0.15) is 0 Å². The van der Waals surface area contributed by atoms with Gasteiger partial charge < -0.3 is 10.4 Å². The molecule has 1 aromatic heterocycles. The fourth-order valence-electron chi connectivity index (χ4n) is 5.60. The lowest BCUT2D eigenvalue weighted by Crippen LogP contribution is -2.61. The van der Waals surface area contributed by atoms with Gasteiger partial charge in [-0.05, 0) is 73.5 Å². The predicted molar refractivity (Wildman–Crippen MR) is 122 cm³/mol. The van der Waals surface area contributed by atoms with E-state index in [4.69, 9.17) is 5.11 Å². The summed E-state index contributed by atoms with van der Waals surface area (Å²) in [7, 11) is 0. The third-order valence-electron chi connectivity index (χ3n) is 7.55. The molecule has 4 nitrogen and oxygen atoms in total. The molecule has 6 heteroatoms. The standard InChI is InChI=1S/C25H30FNO3S/c1-25(2)15-11-20(25)17(7-5-3-4-6-8-23(28)29)21(12-15)27-24(30)19-14-31-22-10-9-16(26)13-18(19)22/h3,5,9-10,13-15,17,20-21H,4,6-8,11-12H2,1-2H3,(H,27,30)(H,28,29)/b5-3-/t15-,17-,20+,21-/m0/s1. The molecule has 0 spiro atoms. The molecule has 166 valence electrons. The van der Waals surface area contributed by atoms with E-state index in [-0.39, 0.29) is 24.2 Å². The molecular formula is C25H30FNO3S. The van der Waals surface area contributed by atoms with Crippen molar-refractivity contribution in [3.8, 4) is 0 Å². The van der Waals surface area contributed by atoms with E-state index in [1.807, 2.05) is 5.38 Å². The van der Waals surface area contributed by atoms with Crippen LogP contribution in [0.4, 0.5) is 4.39 Å². The van der Waals surface area contributed by atoms with E-state index >= 15 is 0 Å². The normalized spacial score (nSPS) is 26.7. The maximum atomic E-state index is 13.7. The lowest BCUT2D eigenvalue weighted by Gasteiger charge is -2.62. The van der Waals surface area contributed by atoms with E-state index in [1.165, 1.54) is 29.9 Å². The topological polar surface area (TPSA) is 66.4 Å². The average Bonchev–Trinajstić information content (AvgIpc) is 3.13. The molecule has 3 saturated carbocycles. The van der Waals surface area contributed by atoms with Crippen LogP contribution >= 0.6 is 11.3 Å². The molecule has 1 aromatic carbocycles. The Hall–Kier alpha value is -2.21. The number of aliphatic carboxylic acids is 1. The zero-order valence-corrected chi connectivity index (χ0v) is 18.9. The van der Waals surface area contributed by atoms with Gasteiger partial charge in [0, 0.05) is 27.9 Å². The Kier molecular flexibility index (Phi) is 6.20. The van der Waals surface area contributed by atoms with Crippen molar-refractivity contribution in [2.75, 3.05) is 0 Å². The van der Waals surface area contributed by atoms with Gasteiger partial charge in [-0.1, -0.05) is 26.0 Å². The molecule has 3 aliphatic rings. The summed E-state index contributed by atoms with van der Waals surface area (Å²) in [5, 5.41) is 14.6. The number of carboxylic acid groups (broad SMARTS) is 1. The first kappa shape index (κ1) is 22.0. The Bertz CT molecular complexity index is 1010. The van der Waals surface area contributed by atoms with Gasteiger partial charge in [0.1, 0.15) is 5.82 Å². The number of hydrogen-bond donors (Lipinski definition) is 2. The summed E-state index contributed by atoms with van der Waals surface area (Å²) in [5.41, 5.74) is 0.849. The summed E-state index contributed by atoms with van der Waals surface area (Å²) >= 11 is 1.47. The lowest BCUT2D eigenvalue weighted by molar-refractivity contribution is -0.137. The van der Waals surface area contributed by atoms with Crippen LogP contribution in [0, 0.1) is 29.0 Å². The number of nitrogens with one attached hydrogen (secondary N) is 1. The summed E-state index contributed by atoms with van der Waals surface area (Å²) in [5.74, 6) is 0.350. The van der Waals surface area contributed by atoms with Crippen LogP contribution in [-0.2, 0) is 4.79 Å². The minimum absolute atomic E-state index is 0.108. The van der Waals surface area contributed by atoms with Crippen molar-refractivity contribution < 1.29 is 19.1 Å². The minimum atomic E-state index is -0.758. The third kappa shape index (κ3) is 4.40. The Labute approximate surface area is 186 Å². The van der Waals surface area contributed by atoms with Gasteiger partial charge in [-0.3, -0.25) is 9.59 Å². The van der Waals surface area contributed by atoms with E-state index in [2.05, 4.69) is 31.3 Å². The average molecular weight is 444 g/mol. The number of fused-ring (bicyclic) bond motifs is 3. The van der Waals surface area contributed by atoms with Crippen molar-refractivity contribution in [2.45, 2.75) is 58.4 Å². The van der Waals surface area contributed by atoms with E-state index < -0.39 is 5.97 Å². The summed E-state index contributed by atoms with van der Waals surface area (Å²) in [6.07, 6.45) is 8.92. The molecule has 0 radical (unpaired) electrons. The van der Waals surface area contributed by atoms with Gasteiger partial charge in [0.25, 0.3) is 5.91 Å². The Balaban J connectivity index is 1.45. The maximum absolute atomic E-state index is 13.7. The molecule has 0 unspecified atom stereocenters. The Morgan fingerprint density at radius 3 is 2.84 bits per heavy atom. The highest BCUT2D eigenvalue weighted by Crippen LogP contribution is 2.62. The second-order valence-electron chi connectivity index (χ2n) is 9.62. The number of carbonyl (C=O) groups excluding carboxylic acids is 1. The monoisotopic (exact) mass is 443 g/mol. The molecule has 4 atom stereocenters. The molecule has 0 saturated heterocycles. The number of rotatable bonds is 8. The lowest BCUT2D eigenvalue weighted by atomic mass is 9.44. The molecule has 31 heavy (non-hydrogen) atoms. The highest BCUT2D eigenvalue weighted by atomic mass is 32.1. The number of hydrogen-bond acceptors (Lipinski definition) is 3. The van der Waals surface area contributed by atoms with Crippen LogP contribution in [0.3, 0.4) is 0 Å². The van der Waals surface area contributed by atoms with Gasteiger partial charge in [0.15, 0.2) is 0 Å². The van der Waals surface area contributed by atoms with Crippen molar-refractivity contribution in [3.05, 3.63) is 47.1 Å². The molecule has 3 fully saturated rings. The highest BCUT2D eigenvalue weighted by molar-refractivity contribution is 7.17. The molecule has 1 heterocycles. The Morgan fingerprint density at radius 1 is 1.29 bits per heavy atom. The number of thiophene rings is 1. The van der Waals surface area contributed by atoms with Crippen LogP contribution < -0.4 is 5.32 Å². The van der Waals surface area contributed by atoms with Crippen molar-refractivity contribution >= 4 is 33.3 Å². The van der Waals surface area contributed by atoms with E-state index in [1.54, 1.807) is 6.07 Å². The molecule has 1 amide bonds. The molecule has 5 rings (SSSR count). The number of halogens is 1. The number of amides is 1. The van der Waals surface area contributed by atoms with Gasteiger partial charge in [0.2, 0.25) is 0 Å². The van der Waals surface area contributed by atoms with Crippen molar-refractivity contribution in [1.29, 1.82) is 0 Å². The molecule has 2 aromatic rings. The van der Waals surface area contributed by atoms with Crippen LogP contribution in [-0.4, -0.2) is 23.0 Å². The first-order chi connectivity index (χ1) is 14.8. The zero-order chi connectivity index (χ0) is 22.2. The van der Waals surface area contributed by atoms with Gasteiger partial charge in [-0.25, -0.2) is 4.39 Å². The second kappa shape index (κ2) is 8.73. The van der Waals surface area contributed by atoms with Crippen LogP contribution in [0.25, 0.3) is 10.1 Å². The van der Waals surface area contributed by atoms with E-state index in [9.17, 15) is 14.0 Å². The van der Waals surface area contributed by atoms with Gasteiger partial charge in [-0.15, -0.1) is 11.3 Å². The SMILES string of the molecule is CC1(C)[C@@H]2C[C@H](NC(=O)c3csc4ccc(F)cc34)[C@@H](C/C=C\CCCC(=O)O)[C@H]1C2. The van der Waals surface area contributed by atoms with E-state index in [0.29, 0.717) is 40.5 Å². The van der Waals surface area contributed by atoms with Crippen molar-refractivity contribution in [2.24, 2.45) is 23.2 Å². The van der Waals surface area contributed by atoms with Crippen LogP contribution in [0.15, 0.2) is 35.7 Å². The minimum Gasteiger partial charge on any atom is -0.481 e. The van der Waals surface area contributed by atoms with Crippen LogP contribution in [0.5, 0.6) is 0 Å². The summed E-state index contributed by atoms with van der Waals surface area (Å²) in [6.45, 7) is 4.67. The third-order valence-corrected chi connectivity index (χ3v) is 8.51. The Morgan fingerprint density at radius 2 is 2.10 bits per heavy atom. The molecule has 0 aliphatic heterocycles. The number of benzene rings is 1. The van der Waals surface area contributed by atoms with Gasteiger partial charge >= 0.3 is 5.97 Å². The summed E-state index contributed by atoms with van der Waals surface area (Å²) < 4.78 is 14.6. The molecule has 3 aliphatic carbocycles. The molecular weight excluding hydrogens is 413 g/mol. The van der Waals surface area contributed by atoms with Gasteiger partial charge in [0.05, 0.1) is 5.56 Å². The molecule has 2 bridgehead atoms. The number of unbranched alkanes of at least 4 members (excludes halogenated alkanes) is 1. The largest absolute Gasteiger partial charge is 0.481 e. The van der Waals surface area contributed by atoms with Crippen LogP contribution in [0.1, 0.15) is 62.7 Å². The summed E-state index contributed by atoms with van der Waals surface area (Å²) in [6, 6.07) is 4.70. The molecule has 2 N–H and O–H groups in total. The fourth-order valence-corrected chi connectivity index (χ4v) is 6.53. The second-order valence-corrected chi connectivity index (χ2v) is 10.5.